The number of para-hydroxylation sites is 2. The molecule has 0 unspecified atom stereocenters. The van der Waals surface area contributed by atoms with Crippen molar-refractivity contribution in [2.24, 2.45) is 0 Å². The minimum Gasteiger partial charge on any atom is -0.493 e. The van der Waals surface area contributed by atoms with Gasteiger partial charge in [0.25, 0.3) is 0 Å². The van der Waals surface area contributed by atoms with Gasteiger partial charge in [-0.15, -0.1) is 0 Å². The van der Waals surface area contributed by atoms with E-state index in [1.165, 1.54) is 13.2 Å². The van der Waals surface area contributed by atoms with Gasteiger partial charge in [0.1, 0.15) is 12.4 Å². The molecule has 0 radical (unpaired) electrons. The van der Waals surface area contributed by atoms with E-state index in [9.17, 15) is 4.79 Å². The SMILES string of the molecule is COC(=O)C=Cc1ccc(OC)c(OCc2nc3ccccc3[nH]2)c1. The van der Waals surface area contributed by atoms with Crippen LogP contribution in [0.1, 0.15) is 11.4 Å². The molecule has 0 aliphatic carbocycles. The third-order valence-electron chi connectivity index (χ3n) is 3.60. The Bertz CT molecular complexity index is 882. The van der Waals surface area contributed by atoms with E-state index in [0.29, 0.717) is 11.5 Å². The Hall–Kier alpha value is -3.28. The normalized spacial score (nSPS) is 11.0. The summed E-state index contributed by atoms with van der Waals surface area (Å²) in [5.41, 5.74) is 2.65. The molecule has 0 fully saturated rings. The molecule has 3 rings (SSSR count). The number of ether oxygens (including phenoxy) is 3. The highest BCUT2D eigenvalue weighted by Gasteiger charge is 2.08. The van der Waals surface area contributed by atoms with Crippen LogP contribution >= 0.6 is 0 Å². The van der Waals surface area contributed by atoms with Crippen LogP contribution in [-0.2, 0) is 16.1 Å². The Kier molecular flexibility index (Phi) is 4.99. The lowest BCUT2D eigenvalue weighted by Crippen LogP contribution is -2.00. The number of H-pyrrole nitrogens is 1. The molecule has 0 aliphatic heterocycles. The summed E-state index contributed by atoms with van der Waals surface area (Å²) in [4.78, 5) is 18.9. The van der Waals surface area contributed by atoms with E-state index in [1.807, 2.05) is 30.3 Å². The lowest BCUT2D eigenvalue weighted by molar-refractivity contribution is -0.134. The molecule has 0 spiro atoms. The number of aromatic nitrogens is 2. The molecule has 0 saturated heterocycles. The van der Waals surface area contributed by atoms with Crippen molar-refractivity contribution >= 4 is 23.1 Å². The highest BCUT2D eigenvalue weighted by molar-refractivity contribution is 5.87. The van der Waals surface area contributed by atoms with Gasteiger partial charge in [-0.05, 0) is 35.9 Å². The monoisotopic (exact) mass is 338 g/mol. The van der Waals surface area contributed by atoms with E-state index >= 15 is 0 Å². The van der Waals surface area contributed by atoms with Gasteiger partial charge in [-0.2, -0.15) is 0 Å². The van der Waals surface area contributed by atoms with Crippen molar-refractivity contribution < 1.29 is 19.0 Å². The van der Waals surface area contributed by atoms with Gasteiger partial charge in [0.2, 0.25) is 0 Å². The highest BCUT2D eigenvalue weighted by Crippen LogP contribution is 2.29. The molecule has 1 heterocycles. The van der Waals surface area contributed by atoms with Crippen molar-refractivity contribution in [3.05, 3.63) is 59.9 Å². The highest BCUT2D eigenvalue weighted by atomic mass is 16.5. The van der Waals surface area contributed by atoms with Crippen LogP contribution in [-0.4, -0.2) is 30.2 Å². The first-order valence-electron chi connectivity index (χ1n) is 7.70. The lowest BCUT2D eigenvalue weighted by Gasteiger charge is -2.10. The van der Waals surface area contributed by atoms with E-state index in [-0.39, 0.29) is 6.61 Å². The number of carbonyl (C=O) groups is 1. The zero-order valence-electron chi connectivity index (χ0n) is 14.0. The number of hydrogen-bond donors (Lipinski definition) is 1. The summed E-state index contributed by atoms with van der Waals surface area (Å²) in [6.45, 7) is 0.273. The molecule has 2 aromatic carbocycles. The van der Waals surface area contributed by atoms with Gasteiger partial charge in [0, 0.05) is 6.08 Å². The van der Waals surface area contributed by atoms with Gasteiger partial charge < -0.3 is 19.2 Å². The summed E-state index contributed by atoms with van der Waals surface area (Å²) in [6, 6.07) is 13.2. The van der Waals surface area contributed by atoms with E-state index in [1.54, 1.807) is 25.3 Å². The van der Waals surface area contributed by atoms with Crippen molar-refractivity contribution in [1.29, 1.82) is 0 Å². The Morgan fingerprint density at radius 3 is 2.76 bits per heavy atom. The van der Waals surface area contributed by atoms with Gasteiger partial charge >= 0.3 is 5.97 Å². The molecule has 0 saturated carbocycles. The summed E-state index contributed by atoms with van der Waals surface area (Å²) in [5, 5.41) is 0. The Morgan fingerprint density at radius 2 is 2.00 bits per heavy atom. The Balaban J connectivity index is 1.77. The van der Waals surface area contributed by atoms with Crippen molar-refractivity contribution in [2.75, 3.05) is 14.2 Å². The molecule has 6 heteroatoms. The fourth-order valence-electron chi connectivity index (χ4n) is 2.36. The van der Waals surface area contributed by atoms with Crippen LogP contribution in [0.15, 0.2) is 48.5 Å². The topological polar surface area (TPSA) is 73.4 Å². The number of hydrogen-bond acceptors (Lipinski definition) is 5. The first-order chi connectivity index (χ1) is 12.2. The second kappa shape index (κ2) is 7.53. The number of fused-ring (bicyclic) bond motifs is 1. The lowest BCUT2D eigenvalue weighted by atomic mass is 10.2. The smallest absolute Gasteiger partial charge is 0.330 e. The van der Waals surface area contributed by atoms with Crippen LogP contribution in [0.2, 0.25) is 0 Å². The van der Waals surface area contributed by atoms with Crippen LogP contribution in [0.3, 0.4) is 0 Å². The number of nitrogens with one attached hydrogen (secondary N) is 1. The molecule has 1 N–H and O–H groups in total. The predicted molar refractivity (Wildman–Crippen MR) is 94.5 cm³/mol. The van der Waals surface area contributed by atoms with Gasteiger partial charge in [-0.3, -0.25) is 0 Å². The maximum Gasteiger partial charge on any atom is 0.330 e. The molecule has 0 amide bonds. The molecule has 128 valence electrons. The molecular weight excluding hydrogens is 320 g/mol. The summed E-state index contributed by atoms with van der Waals surface area (Å²) in [5.74, 6) is 1.47. The minimum atomic E-state index is -0.416. The van der Waals surface area contributed by atoms with Gasteiger partial charge in [-0.1, -0.05) is 18.2 Å². The summed E-state index contributed by atoms with van der Waals surface area (Å²) in [6.07, 6.45) is 3.00. The van der Waals surface area contributed by atoms with E-state index < -0.39 is 5.97 Å². The first-order valence-corrected chi connectivity index (χ1v) is 7.70. The molecule has 0 aliphatic rings. The second-order valence-electron chi connectivity index (χ2n) is 5.26. The van der Waals surface area contributed by atoms with Crippen molar-refractivity contribution in [3.63, 3.8) is 0 Å². The number of esters is 1. The second-order valence-corrected chi connectivity index (χ2v) is 5.26. The number of rotatable bonds is 6. The van der Waals surface area contributed by atoms with Crippen molar-refractivity contribution in [1.82, 2.24) is 9.97 Å². The molecule has 0 atom stereocenters. The average Bonchev–Trinajstić information content (AvgIpc) is 3.07. The molecule has 25 heavy (non-hydrogen) atoms. The van der Waals surface area contributed by atoms with Gasteiger partial charge in [0.05, 0.1) is 25.3 Å². The van der Waals surface area contributed by atoms with Crippen LogP contribution < -0.4 is 9.47 Å². The van der Waals surface area contributed by atoms with Gasteiger partial charge in [0.15, 0.2) is 11.5 Å². The van der Waals surface area contributed by atoms with E-state index in [0.717, 1.165) is 22.4 Å². The number of benzene rings is 2. The Morgan fingerprint density at radius 1 is 1.16 bits per heavy atom. The summed E-state index contributed by atoms with van der Waals surface area (Å²) >= 11 is 0. The van der Waals surface area contributed by atoms with Crippen molar-refractivity contribution in [3.8, 4) is 11.5 Å². The standard InChI is InChI=1S/C19H18N2O4/c1-23-16-9-7-13(8-10-19(22)24-2)11-17(16)25-12-18-20-14-5-3-4-6-15(14)21-18/h3-11H,12H2,1-2H3,(H,20,21). The fraction of sp³-hybridized carbons (Fsp3) is 0.158. The number of carbonyl (C=O) groups excluding carboxylic acids is 1. The van der Waals surface area contributed by atoms with Crippen molar-refractivity contribution in [2.45, 2.75) is 6.61 Å². The third kappa shape index (κ3) is 3.98. The zero-order chi connectivity index (χ0) is 17.6. The maximum atomic E-state index is 11.2. The summed E-state index contributed by atoms with van der Waals surface area (Å²) in [7, 11) is 2.91. The molecule has 1 aromatic heterocycles. The molecule has 0 bridgehead atoms. The van der Waals surface area contributed by atoms with E-state index in [2.05, 4.69) is 14.7 Å². The maximum absolute atomic E-state index is 11.2. The van der Waals surface area contributed by atoms with E-state index in [4.69, 9.17) is 9.47 Å². The van der Waals surface area contributed by atoms with Crippen LogP contribution in [0.4, 0.5) is 0 Å². The molecule has 6 nitrogen and oxygen atoms in total. The van der Waals surface area contributed by atoms with Crippen LogP contribution in [0.5, 0.6) is 11.5 Å². The predicted octanol–water partition coefficient (Wildman–Crippen LogP) is 3.34. The number of nitrogens with zero attached hydrogens (tertiary/aromatic N) is 1. The fourth-order valence-corrected chi connectivity index (χ4v) is 2.36. The summed E-state index contributed by atoms with van der Waals surface area (Å²) < 4.78 is 15.8. The third-order valence-corrected chi connectivity index (χ3v) is 3.60. The minimum absolute atomic E-state index is 0.273. The average molecular weight is 338 g/mol. The molecular formula is C19H18N2O4. The molecule has 3 aromatic rings. The van der Waals surface area contributed by atoms with Crippen LogP contribution in [0, 0.1) is 0 Å². The zero-order valence-corrected chi connectivity index (χ0v) is 14.0. The first kappa shape index (κ1) is 16.6. The quantitative estimate of drug-likeness (QED) is 0.551. The van der Waals surface area contributed by atoms with Gasteiger partial charge in [-0.25, -0.2) is 9.78 Å². The largest absolute Gasteiger partial charge is 0.493 e. The number of methoxy groups -OCH3 is 2. The van der Waals surface area contributed by atoms with Crippen LogP contribution in [0.25, 0.3) is 17.1 Å². The Labute approximate surface area is 145 Å². The number of imidazole rings is 1. The number of aromatic amines is 1.